The average Bonchev–Trinajstić information content (AvgIpc) is 2.67. The lowest BCUT2D eigenvalue weighted by molar-refractivity contribution is -0.384. The number of nitrogens with zero attached hydrogens (tertiary/aromatic N) is 1. The molecule has 0 aromatic heterocycles. The monoisotopic (exact) mass is 371 g/mol. The molecule has 2 aromatic carbocycles. The first-order chi connectivity index (χ1) is 13.0. The predicted octanol–water partition coefficient (Wildman–Crippen LogP) is 3.05. The van der Waals surface area contributed by atoms with Gasteiger partial charge in [-0.25, -0.2) is 0 Å². The number of hydrogen-bond donors (Lipinski definition) is 2. The smallest absolute Gasteiger partial charge is 0.292 e. The lowest BCUT2D eigenvalue weighted by Crippen LogP contribution is -2.28. The number of anilines is 1. The van der Waals surface area contributed by atoms with Gasteiger partial charge in [-0.15, -0.1) is 0 Å². The van der Waals surface area contributed by atoms with Gasteiger partial charge in [0.2, 0.25) is 5.91 Å². The molecular weight excluding hydrogens is 350 g/mol. The highest BCUT2D eigenvalue weighted by molar-refractivity contribution is 5.77. The quantitative estimate of drug-likeness (QED) is 0.573. The van der Waals surface area contributed by atoms with Crippen LogP contribution in [0.25, 0.3) is 0 Å². The van der Waals surface area contributed by atoms with Gasteiger partial charge < -0.3 is 20.1 Å². The molecule has 2 aromatic rings. The second-order valence-electron chi connectivity index (χ2n) is 6.14. The molecule has 0 saturated heterocycles. The molecule has 0 fully saturated rings. The van der Waals surface area contributed by atoms with Gasteiger partial charge in [0.05, 0.1) is 11.0 Å². The molecule has 8 heteroatoms. The number of rotatable bonds is 7. The van der Waals surface area contributed by atoms with Crippen molar-refractivity contribution in [2.24, 2.45) is 0 Å². The summed E-state index contributed by atoms with van der Waals surface area (Å²) in [4.78, 5) is 22.7. The molecule has 0 radical (unpaired) electrons. The molecule has 1 aliphatic heterocycles. The van der Waals surface area contributed by atoms with E-state index in [1.54, 1.807) is 18.2 Å². The Morgan fingerprint density at radius 3 is 2.70 bits per heavy atom. The Morgan fingerprint density at radius 2 is 1.93 bits per heavy atom. The zero-order valence-electron chi connectivity index (χ0n) is 14.9. The van der Waals surface area contributed by atoms with Crippen molar-refractivity contribution in [2.75, 3.05) is 25.1 Å². The van der Waals surface area contributed by atoms with Gasteiger partial charge in [0.25, 0.3) is 5.69 Å². The first-order valence-electron chi connectivity index (χ1n) is 8.71. The maximum atomic E-state index is 12.2. The maximum absolute atomic E-state index is 12.2. The third-order valence-electron chi connectivity index (χ3n) is 4.21. The number of carbonyl (C=O) groups is 1. The van der Waals surface area contributed by atoms with Crippen molar-refractivity contribution in [1.82, 2.24) is 5.32 Å². The molecule has 27 heavy (non-hydrogen) atoms. The van der Waals surface area contributed by atoms with Gasteiger partial charge in [-0.3, -0.25) is 14.9 Å². The SMILES string of the molecule is CC(NC(=O)CCNc1ccccc1[N+](=O)[O-])c1ccc2c(c1)OCCO2. The molecule has 0 bridgehead atoms. The summed E-state index contributed by atoms with van der Waals surface area (Å²) in [5.41, 5.74) is 1.30. The standard InChI is InChI=1S/C19H21N3O5/c1-13(14-6-7-17-18(12-14)27-11-10-26-17)21-19(23)8-9-20-15-4-2-3-5-16(15)22(24)25/h2-7,12-13,20H,8-11H2,1H3,(H,21,23). The van der Waals surface area contributed by atoms with Crippen LogP contribution in [0.3, 0.4) is 0 Å². The molecule has 1 aliphatic rings. The summed E-state index contributed by atoms with van der Waals surface area (Å²) in [6.07, 6.45) is 0.195. The van der Waals surface area contributed by atoms with Crippen molar-refractivity contribution in [2.45, 2.75) is 19.4 Å². The van der Waals surface area contributed by atoms with Crippen LogP contribution in [0.2, 0.25) is 0 Å². The van der Waals surface area contributed by atoms with Crippen LogP contribution in [0.1, 0.15) is 24.9 Å². The lowest BCUT2D eigenvalue weighted by Gasteiger charge is -2.21. The summed E-state index contributed by atoms with van der Waals surface area (Å²) in [7, 11) is 0. The minimum Gasteiger partial charge on any atom is -0.486 e. The molecule has 2 N–H and O–H groups in total. The van der Waals surface area contributed by atoms with Gasteiger partial charge in [-0.2, -0.15) is 0 Å². The Bertz CT molecular complexity index is 840. The summed E-state index contributed by atoms with van der Waals surface area (Å²) in [6, 6.07) is 11.8. The Balaban J connectivity index is 1.51. The third kappa shape index (κ3) is 4.66. The van der Waals surface area contributed by atoms with E-state index in [-0.39, 0.29) is 24.1 Å². The first-order valence-corrected chi connectivity index (χ1v) is 8.71. The normalized spacial score (nSPS) is 13.5. The van der Waals surface area contributed by atoms with E-state index in [9.17, 15) is 14.9 Å². The van der Waals surface area contributed by atoms with Crippen LogP contribution in [-0.4, -0.2) is 30.6 Å². The zero-order chi connectivity index (χ0) is 19.2. The van der Waals surface area contributed by atoms with Crippen LogP contribution in [0.5, 0.6) is 11.5 Å². The van der Waals surface area contributed by atoms with Crippen molar-refractivity contribution in [3.8, 4) is 11.5 Å². The number of fused-ring (bicyclic) bond motifs is 1. The van der Waals surface area contributed by atoms with E-state index < -0.39 is 4.92 Å². The Kier molecular flexibility index (Phi) is 5.75. The van der Waals surface area contributed by atoms with Crippen molar-refractivity contribution in [3.63, 3.8) is 0 Å². The second kappa shape index (κ2) is 8.39. The van der Waals surface area contributed by atoms with Crippen LogP contribution in [0, 0.1) is 10.1 Å². The van der Waals surface area contributed by atoms with Gasteiger partial charge in [0.15, 0.2) is 11.5 Å². The Morgan fingerprint density at radius 1 is 1.19 bits per heavy atom. The molecule has 1 unspecified atom stereocenters. The summed E-state index contributed by atoms with van der Waals surface area (Å²) in [5, 5.41) is 16.8. The molecular formula is C19H21N3O5. The average molecular weight is 371 g/mol. The van der Waals surface area contributed by atoms with E-state index in [1.807, 2.05) is 25.1 Å². The third-order valence-corrected chi connectivity index (χ3v) is 4.21. The number of benzene rings is 2. The molecule has 3 rings (SSSR count). The lowest BCUT2D eigenvalue weighted by atomic mass is 10.1. The van der Waals surface area contributed by atoms with E-state index in [0.29, 0.717) is 36.9 Å². The summed E-state index contributed by atoms with van der Waals surface area (Å²) < 4.78 is 11.1. The molecule has 1 atom stereocenters. The van der Waals surface area contributed by atoms with Gasteiger partial charge >= 0.3 is 0 Å². The maximum Gasteiger partial charge on any atom is 0.292 e. The topological polar surface area (TPSA) is 103 Å². The van der Waals surface area contributed by atoms with Crippen LogP contribution in [0.15, 0.2) is 42.5 Å². The number of nitro groups is 1. The molecule has 1 heterocycles. The summed E-state index contributed by atoms with van der Waals surface area (Å²) >= 11 is 0. The number of amides is 1. The molecule has 0 saturated carbocycles. The molecule has 0 aliphatic carbocycles. The Labute approximate surface area is 156 Å². The van der Waals surface area contributed by atoms with E-state index >= 15 is 0 Å². The zero-order valence-corrected chi connectivity index (χ0v) is 14.9. The molecule has 0 spiro atoms. The fraction of sp³-hybridized carbons (Fsp3) is 0.316. The number of carbonyl (C=O) groups excluding carboxylic acids is 1. The minimum atomic E-state index is -0.452. The van der Waals surface area contributed by atoms with Crippen molar-refractivity contribution in [1.29, 1.82) is 0 Å². The molecule has 1 amide bonds. The number of hydrogen-bond acceptors (Lipinski definition) is 6. The minimum absolute atomic E-state index is 0.0115. The van der Waals surface area contributed by atoms with E-state index in [0.717, 1.165) is 5.56 Å². The van der Waals surface area contributed by atoms with Crippen LogP contribution in [-0.2, 0) is 4.79 Å². The Hall–Kier alpha value is -3.29. The summed E-state index contributed by atoms with van der Waals surface area (Å²) in [6.45, 7) is 3.23. The number of para-hydroxylation sites is 2. The van der Waals surface area contributed by atoms with Gasteiger partial charge in [-0.05, 0) is 30.7 Å². The van der Waals surface area contributed by atoms with E-state index in [1.165, 1.54) is 6.07 Å². The number of ether oxygens (including phenoxy) is 2. The highest BCUT2D eigenvalue weighted by atomic mass is 16.6. The number of nitro benzene ring substituents is 1. The molecule has 8 nitrogen and oxygen atoms in total. The van der Waals surface area contributed by atoms with Crippen molar-refractivity contribution >= 4 is 17.3 Å². The largest absolute Gasteiger partial charge is 0.486 e. The van der Waals surface area contributed by atoms with Crippen LogP contribution < -0.4 is 20.1 Å². The van der Waals surface area contributed by atoms with Gasteiger partial charge in [0, 0.05) is 19.0 Å². The first kappa shape index (κ1) is 18.5. The second-order valence-corrected chi connectivity index (χ2v) is 6.14. The van der Waals surface area contributed by atoms with Crippen LogP contribution >= 0.6 is 0 Å². The fourth-order valence-electron chi connectivity index (χ4n) is 2.82. The highest BCUT2D eigenvalue weighted by Crippen LogP contribution is 2.32. The van der Waals surface area contributed by atoms with Crippen LogP contribution in [0.4, 0.5) is 11.4 Å². The fourth-order valence-corrected chi connectivity index (χ4v) is 2.82. The van der Waals surface area contributed by atoms with Crippen molar-refractivity contribution in [3.05, 3.63) is 58.1 Å². The number of nitrogens with one attached hydrogen (secondary N) is 2. The molecule has 142 valence electrons. The van der Waals surface area contributed by atoms with Gasteiger partial charge in [-0.1, -0.05) is 18.2 Å². The summed E-state index contributed by atoms with van der Waals surface area (Å²) in [5.74, 6) is 1.23. The van der Waals surface area contributed by atoms with E-state index in [2.05, 4.69) is 10.6 Å². The van der Waals surface area contributed by atoms with Crippen molar-refractivity contribution < 1.29 is 19.2 Å². The van der Waals surface area contributed by atoms with Gasteiger partial charge in [0.1, 0.15) is 18.9 Å². The highest BCUT2D eigenvalue weighted by Gasteiger charge is 2.16. The van der Waals surface area contributed by atoms with E-state index in [4.69, 9.17) is 9.47 Å². The predicted molar refractivity (Wildman–Crippen MR) is 100 cm³/mol.